The molecule has 3 aromatic rings. The number of benzene rings is 2. The quantitative estimate of drug-likeness (QED) is 0.729. The first-order valence-electron chi connectivity index (χ1n) is 6.59. The first kappa shape index (κ1) is 14.5. The molecule has 0 fully saturated rings. The summed E-state index contributed by atoms with van der Waals surface area (Å²) in [5.74, 6) is 1.43. The Labute approximate surface area is 131 Å². The van der Waals surface area contributed by atoms with E-state index in [1.165, 1.54) is 0 Å². The Morgan fingerprint density at radius 3 is 2.45 bits per heavy atom. The molecule has 1 heterocycles. The molecule has 0 saturated carbocycles. The third-order valence-corrected chi connectivity index (χ3v) is 3.73. The maximum atomic E-state index is 12.4. The third kappa shape index (κ3) is 2.31. The van der Waals surface area contributed by atoms with Crippen molar-refractivity contribution in [3.05, 3.63) is 57.7 Å². The summed E-state index contributed by atoms with van der Waals surface area (Å²) < 4.78 is 16.3. The van der Waals surface area contributed by atoms with Gasteiger partial charge in [-0.1, -0.05) is 23.7 Å². The fourth-order valence-electron chi connectivity index (χ4n) is 2.28. The van der Waals surface area contributed by atoms with E-state index in [9.17, 15) is 4.79 Å². The maximum absolute atomic E-state index is 12.4. The zero-order chi connectivity index (χ0) is 15.7. The van der Waals surface area contributed by atoms with E-state index >= 15 is 0 Å². The van der Waals surface area contributed by atoms with Crippen LogP contribution in [0.3, 0.4) is 0 Å². The molecule has 3 rings (SSSR count). The van der Waals surface area contributed by atoms with Crippen molar-refractivity contribution in [3.8, 4) is 22.8 Å². The lowest BCUT2D eigenvalue weighted by molar-refractivity contribution is 0.355. The number of hydrogen-bond donors (Lipinski definition) is 0. The van der Waals surface area contributed by atoms with Gasteiger partial charge in [0.15, 0.2) is 17.3 Å². The van der Waals surface area contributed by atoms with E-state index in [0.717, 1.165) is 0 Å². The zero-order valence-corrected chi connectivity index (χ0v) is 12.8. The van der Waals surface area contributed by atoms with Crippen molar-refractivity contribution in [2.24, 2.45) is 0 Å². The van der Waals surface area contributed by atoms with E-state index < -0.39 is 0 Å². The van der Waals surface area contributed by atoms with Gasteiger partial charge in [-0.2, -0.15) is 0 Å². The van der Waals surface area contributed by atoms with Crippen LogP contribution in [0.15, 0.2) is 51.7 Å². The molecule has 0 amide bonds. The highest BCUT2D eigenvalue weighted by Crippen LogP contribution is 2.35. The van der Waals surface area contributed by atoms with Gasteiger partial charge in [-0.25, -0.2) is 0 Å². The van der Waals surface area contributed by atoms with Gasteiger partial charge in [0, 0.05) is 5.56 Å². The second-order valence-corrected chi connectivity index (χ2v) is 5.02. The summed E-state index contributed by atoms with van der Waals surface area (Å²) in [4.78, 5) is 12.4. The van der Waals surface area contributed by atoms with Crippen LogP contribution in [0.5, 0.6) is 11.5 Å². The number of hydrogen-bond acceptors (Lipinski definition) is 4. The van der Waals surface area contributed by atoms with Gasteiger partial charge in [-0.3, -0.25) is 4.79 Å². The summed E-state index contributed by atoms with van der Waals surface area (Å²) in [6, 6.07) is 12.2. The molecule has 0 bridgehead atoms. The molecule has 0 saturated heterocycles. The van der Waals surface area contributed by atoms with E-state index in [-0.39, 0.29) is 10.5 Å². The second-order valence-electron chi connectivity index (χ2n) is 4.64. The van der Waals surface area contributed by atoms with Gasteiger partial charge in [-0.05, 0) is 30.3 Å². The van der Waals surface area contributed by atoms with Gasteiger partial charge in [0.1, 0.15) is 10.6 Å². The van der Waals surface area contributed by atoms with Crippen LogP contribution >= 0.6 is 11.6 Å². The van der Waals surface area contributed by atoms with Gasteiger partial charge in [0.05, 0.1) is 19.6 Å². The number of methoxy groups -OCH3 is 2. The van der Waals surface area contributed by atoms with E-state index in [2.05, 4.69) is 0 Å². The lowest BCUT2D eigenvalue weighted by Crippen LogP contribution is -2.03. The normalized spacial score (nSPS) is 10.7. The number of para-hydroxylation sites is 1. The Balaban J connectivity index is 2.26. The van der Waals surface area contributed by atoms with Crippen LogP contribution in [0.2, 0.25) is 5.02 Å². The Morgan fingerprint density at radius 1 is 1.00 bits per heavy atom. The van der Waals surface area contributed by atoms with Crippen molar-refractivity contribution in [3.63, 3.8) is 0 Å². The first-order chi connectivity index (χ1) is 10.7. The fraction of sp³-hybridized carbons (Fsp3) is 0.118. The molecule has 112 valence electrons. The Bertz CT molecular complexity index is 899. The van der Waals surface area contributed by atoms with Crippen molar-refractivity contribution in [1.82, 2.24) is 0 Å². The first-order valence-corrected chi connectivity index (χ1v) is 6.97. The summed E-state index contributed by atoms with van der Waals surface area (Å²) in [6.07, 6.45) is 0. The molecule has 0 aliphatic carbocycles. The van der Waals surface area contributed by atoms with Crippen LogP contribution in [0, 0.1) is 0 Å². The van der Waals surface area contributed by atoms with Crippen LogP contribution < -0.4 is 14.9 Å². The van der Waals surface area contributed by atoms with Crippen molar-refractivity contribution >= 4 is 22.6 Å². The molecule has 4 nitrogen and oxygen atoms in total. The molecule has 22 heavy (non-hydrogen) atoms. The van der Waals surface area contributed by atoms with Crippen molar-refractivity contribution < 1.29 is 13.9 Å². The lowest BCUT2D eigenvalue weighted by Gasteiger charge is -2.10. The topological polar surface area (TPSA) is 48.7 Å². The molecule has 0 spiro atoms. The fourth-order valence-corrected chi connectivity index (χ4v) is 2.53. The molecule has 0 aliphatic rings. The van der Waals surface area contributed by atoms with Crippen LogP contribution in [-0.4, -0.2) is 14.2 Å². The molecule has 0 aliphatic heterocycles. The number of rotatable bonds is 3. The highest BCUT2D eigenvalue weighted by molar-refractivity contribution is 6.33. The maximum Gasteiger partial charge on any atom is 0.211 e. The van der Waals surface area contributed by atoms with Crippen LogP contribution in [0.4, 0.5) is 0 Å². The second kappa shape index (κ2) is 5.73. The Morgan fingerprint density at radius 2 is 1.73 bits per heavy atom. The molecule has 1 aromatic heterocycles. The lowest BCUT2D eigenvalue weighted by atomic mass is 10.1. The summed E-state index contributed by atoms with van der Waals surface area (Å²) in [5.41, 5.74) is 0.875. The van der Waals surface area contributed by atoms with Gasteiger partial charge in [0.2, 0.25) is 5.43 Å². The number of ether oxygens (including phenoxy) is 2. The molecule has 0 radical (unpaired) electrons. The van der Waals surface area contributed by atoms with Crippen LogP contribution in [-0.2, 0) is 0 Å². The summed E-state index contributed by atoms with van der Waals surface area (Å²) in [6.45, 7) is 0. The highest BCUT2D eigenvalue weighted by Gasteiger charge is 2.16. The van der Waals surface area contributed by atoms with Crippen molar-refractivity contribution in [1.29, 1.82) is 0 Å². The average Bonchev–Trinajstić information content (AvgIpc) is 2.57. The van der Waals surface area contributed by atoms with Gasteiger partial charge in [0.25, 0.3) is 0 Å². The highest BCUT2D eigenvalue weighted by atomic mass is 35.5. The smallest absolute Gasteiger partial charge is 0.211 e. The summed E-state index contributed by atoms with van der Waals surface area (Å²) in [7, 11) is 3.10. The van der Waals surface area contributed by atoms with Crippen LogP contribution in [0.1, 0.15) is 0 Å². The molecular formula is C17H13ClO4. The van der Waals surface area contributed by atoms with Gasteiger partial charge in [-0.15, -0.1) is 0 Å². The van der Waals surface area contributed by atoms with E-state index in [1.807, 2.05) is 0 Å². The SMILES string of the molecule is COc1ccc(-c2oc3ccccc3c(=O)c2Cl)cc1OC. The van der Waals surface area contributed by atoms with Gasteiger partial charge >= 0.3 is 0 Å². The van der Waals surface area contributed by atoms with Crippen molar-refractivity contribution in [2.75, 3.05) is 14.2 Å². The van der Waals surface area contributed by atoms with E-state index in [4.69, 9.17) is 25.5 Å². The molecule has 2 aromatic carbocycles. The molecule has 0 N–H and O–H groups in total. The van der Waals surface area contributed by atoms with Gasteiger partial charge < -0.3 is 13.9 Å². The average molecular weight is 317 g/mol. The van der Waals surface area contributed by atoms with E-state index in [0.29, 0.717) is 33.8 Å². The minimum absolute atomic E-state index is 0.0471. The number of fused-ring (bicyclic) bond motifs is 1. The van der Waals surface area contributed by atoms with Crippen molar-refractivity contribution in [2.45, 2.75) is 0 Å². The Hall–Kier alpha value is -2.46. The summed E-state index contributed by atoms with van der Waals surface area (Å²) >= 11 is 6.20. The molecule has 5 heteroatoms. The Kier molecular flexibility index (Phi) is 3.77. The van der Waals surface area contributed by atoms with Crippen LogP contribution in [0.25, 0.3) is 22.3 Å². The monoisotopic (exact) mass is 316 g/mol. The minimum atomic E-state index is -0.256. The molecule has 0 unspecified atom stereocenters. The predicted octanol–water partition coefficient (Wildman–Crippen LogP) is 4.13. The molecule has 0 atom stereocenters. The zero-order valence-electron chi connectivity index (χ0n) is 12.1. The predicted molar refractivity (Wildman–Crippen MR) is 86.0 cm³/mol. The third-order valence-electron chi connectivity index (χ3n) is 3.39. The standard InChI is InChI=1S/C17H13ClO4/c1-20-13-8-7-10(9-14(13)21-2)17-15(18)16(19)11-5-3-4-6-12(11)22-17/h3-9H,1-2H3. The largest absolute Gasteiger partial charge is 0.493 e. The summed E-state index contributed by atoms with van der Waals surface area (Å²) in [5, 5.41) is 0.502. The molecular weight excluding hydrogens is 304 g/mol. The minimum Gasteiger partial charge on any atom is -0.493 e. The van der Waals surface area contributed by atoms with E-state index in [1.54, 1.807) is 56.7 Å². The number of halogens is 1.